The molecule has 1 N–H and O–H groups in total. The molecule has 1 atom stereocenters. The molecule has 156 valence electrons. The van der Waals surface area contributed by atoms with Gasteiger partial charge >= 0.3 is 0 Å². The van der Waals surface area contributed by atoms with Gasteiger partial charge in [0.05, 0.1) is 11.4 Å². The summed E-state index contributed by atoms with van der Waals surface area (Å²) in [5.41, 5.74) is 2.97. The highest BCUT2D eigenvalue weighted by Gasteiger charge is 2.25. The molecule has 1 unspecified atom stereocenters. The Labute approximate surface area is 173 Å². The molecular weight excluding hydrogens is 386 g/mol. The first-order valence-corrected chi connectivity index (χ1v) is 11.6. The van der Waals surface area contributed by atoms with Crippen LogP contribution in [-0.2, 0) is 21.2 Å². The number of carbonyl (C=O) groups is 1. The van der Waals surface area contributed by atoms with Crippen LogP contribution < -0.4 is 10.2 Å². The molecule has 0 bridgehead atoms. The van der Waals surface area contributed by atoms with Crippen molar-refractivity contribution in [2.24, 2.45) is 0 Å². The minimum Gasteiger partial charge on any atom is -0.359 e. The second-order valence-electron chi connectivity index (χ2n) is 7.31. The maximum absolute atomic E-state index is 12.6. The van der Waals surface area contributed by atoms with Gasteiger partial charge in [0.25, 0.3) is 0 Å². The Bertz CT molecular complexity index is 954. The fourth-order valence-corrected chi connectivity index (χ4v) is 5.24. The number of nitrogens with one attached hydrogen (secondary N) is 1. The van der Waals surface area contributed by atoms with Gasteiger partial charge in [-0.3, -0.25) is 4.79 Å². The lowest BCUT2D eigenvalue weighted by molar-refractivity contribution is -0.115. The average molecular weight is 416 g/mol. The SMILES string of the molecule is CCN(CC)S(=O)(=O)c1ccc(NC(=O)CN2c3ccccc3CCC2C)cc1. The molecule has 0 fully saturated rings. The van der Waals surface area contributed by atoms with Crippen molar-refractivity contribution in [3.8, 4) is 0 Å². The third-order valence-electron chi connectivity index (χ3n) is 5.46. The van der Waals surface area contributed by atoms with Gasteiger partial charge in [0.15, 0.2) is 0 Å². The van der Waals surface area contributed by atoms with Crippen molar-refractivity contribution >= 4 is 27.3 Å². The van der Waals surface area contributed by atoms with E-state index < -0.39 is 10.0 Å². The Kier molecular flexibility index (Phi) is 6.59. The summed E-state index contributed by atoms with van der Waals surface area (Å²) < 4.78 is 26.6. The summed E-state index contributed by atoms with van der Waals surface area (Å²) in [6, 6.07) is 14.9. The van der Waals surface area contributed by atoms with Crippen LogP contribution in [0.1, 0.15) is 32.8 Å². The number of anilines is 2. The molecule has 0 aliphatic carbocycles. The average Bonchev–Trinajstić information content (AvgIpc) is 2.71. The Hall–Kier alpha value is -2.38. The minimum absolute atomic E-state index is 0.118. The van der Waals surface area contributed by atoms with E-state index in [1.807, 2.05) is 26.0 Å². The van der Waals surface area contributed by atoms with E-state index in [1.165, 1.54) is 9.87 Å². The zero-order chi connectivity index (χ0) is 21.0. The van der Waals surface area contributed by atoms with E-state index in [4.69, 9.17) is 0 Å². The predicted molar refractivity (Wildman–Crippen MR) is 117 cm³/mol. The first-order chi connectivity index (χ1) is 13.9. The van der Waals surface area contributed by atoms with Gasteiger partial charge in [0.1, 0.15) is 0 Å². The Morgan fingerprint density at radius 1 is 1.10 bits per heavy atom. The highest BCUT2D eigenvalue weighted by Crippen LogP contribution is 2.30. The molecule has 0 radical (unpaired) electrons. The van der Waals surface area contributed by atoms with Crippen LogP contribution in [0.25, 0.3) is 0 Å². The molecule has 6 nitrogen and oxygen atoms in total. The molecule has 0 saturated heterocycles. The van der Waals surface area contributed by atoms with Crippen LogP contribution in [0.3, 0.4) is 0 Å². The van der Waals surface area contributed by atoms with E-state index in [1.54, 1.807) is 24.3 Å². The quantitative estimate of drug-likeness (QED) is 0.751. The van der Waals surface area contributed by atoms with Gasteiger partial charge in [-0.2, -0.15) is 4.31 Å². The van der Waals surface area contributed by atoms with Gasteiger partial charge in [-0.05, 0) is 55.7 Å². The number of sulfonamides is 1. The summed E-state index contributed by atoms with van der Waals surface area (Å²) in [4.78, 5) is 15.0. The smallest absolute Gasteiger partial charge is 0.243 e. The summed E-state index contributed by atoms with van der Waals surface area (Å²) in [5, 5.41) is 2.89. The summed E-state index contributed by atoms with van der Waals surface area (Å²) >= 11 is 0. The molecule has 0 spiro atoms. The molecule has 0 saturated carbocycles. The Morgan fingerprint density at radius 3 is 2.41 bits per heavy atom. The number of aryl methyl sites for hydroxylation is 1. The van der Waals surface area contributed by atoms with Gasteiger partial charge in [-0.15, -0.1) is 0 Å². The monoisotopic (exact) mass is 415 g/mol. The summed E-state index contributed by atoms with van der Waals surface area (Å²) in [7, 11) is -3.50. The van der Waals surface area contributed by atoms with Crippen LogP contribution >= 0.6 is 0 Å². The molecular formula is C22H29N3O3S. The topological polar surface area (TPSA) is 69.7 Å². The molecule has 1 aliphatic heterocycles. The van der Waals surface area contributed by atoms with Gasteiger partial charge in [0.2, 0.25) is 15.9 Å². The van der Waals surface area contributed by atoms with Crippen LogP contribution in [-0.4, -0.2) is 44.3 Å². The van der Waals surface area contributed by atoms with Gasteiger partial charge in [-0.25, -0.2) is 8.42 Å². The van der Waals surface area contributed by atoms with Crippen LogP contribution in [0.4, 0.5) is 11.4 Å². The fraction of sp³-hybridized carbons (Fsp3) is 0.409. The minimum atomic E-state index is -3.50. The largest absolute Gasteiger partial charge is 0.359 e. The summed E-state index contributed by atoms with van der Waals surface area (Å²) in [5.74, 6) is -0.118. The first kappa shape index (κ1) is 21.3. The molecule has 1 heterocycles. The number of nitrogens with zero attached hydrogens (tertiary/aromatic N) is 2. The predicted octanol–water partition coefficient (Wildman–Crippen LogP) is 3.50. The van der Waals surface area contributed by atoms with E-state index in [-0.39, 0.29) is 23.4 Å². The molecule has 29 heavy (non-hydrogen) atoms. The fourth-order valence-electron chi connectivity index (χ4n) is 3.78. The van der Waals surface area contributed by atoms with Crippen molar-refractivity contribution in [3.05, 3.63) is 54.1 Å². The number of rotatable bonds is 7. The lowest BCUT2D eigenvalue weighted by Gasteiger charge is -2.36. The lowest BCUT2D eigenvalue weighted by Crippen LogP contribution is -2.42. The zero-order valence-corrected chi connectivity index (χ0v) is 18.1. The summed E-state index contributed by atoms with van der Waals surface area (Å²) in [6.07, 6.45) is 2.04. The lowest BCUT2D eigenvalue weighted by atomic mass is 9.96. The van der Waals surface area contributed by atoms with Crippen molar-refractivity contribution in [2.75, 3.05) is 29.9 Å². The second kappa shape index (κ2) is 8.97. The number of hydrogen-bond acceptors (Lipinski definition) is 4. The van der Waals surface area contributed by atoms with Crippen molar-refractivity contribution < 1.29 is 13.2 Å². The number of para-hydroxylation sites is 1. The molecule has 7 heteroatoms. The number of fused-ring (bicyclic) bond motifs is 1. The third-order valence-corrected chi connectivity index (χ3v) is 7.52. The van der Waals surface area contributed by atoms with E-state index in [9.17, 15) is 13.2 Å². The van der Waals surface area contributed by atoms with Crippen molar-refractivity contribution in [3.63, 3.8) is 0 Å². The normalized spacial score (nSPS) is 16.6. The standard InChI is InChI=1S/C22H29N3O3S/c1-4-24(5-2)29(27,28)20-14-12-19(13-15-20)23-22(26)16-25-17(3)10-11-18-8-6-7-9-21(18)25/h6-9,12-15,17H,4-5,10-11,16H2,1-3H3,(H,23,26). The summed E-state index contributed by atoms with van der Waals surface area (Å²) in [6.45, 7) is 6.87. The zero-order valence-electron chi connectivity index (χ0n) is 17.3. The van der Waals surface area contributed by atoms with Crippen molar-refractivity contribution in [1.29, 1.82) is 0 Å². The molecule has 2 aromatic carbocycles. The Balaban J connectivity index is 1.69. The molecule has 0 aromatic heterocycles. The molecule has 2 aromatic rings. The maximum atomic E-state index is 12.6. The van der Waals surface area contributed by atoms with Crippen molar-refractivity contribution in [2.45, 2.75) is 44.6 Å². The third kappa shape index (κ3) is 4.62. The van der Waals surface area contributed by atoms with Gasteiger partial charge in [-0.1, -0.05) is 32.0 Å². The van der Waals surface area contributed by atoms with E-state index in [0.29, 0.717) is 18.8 Å². The van der Waals surface area contributed by atoms with Crippen LogP contribution in [0.2, 0.25) is 0 Å². The van der Waals surface area contributed by atoms with E-state index in [2.05, 4.69) is 29.3 Å². The second-order valence-corrected chi connectivity index (χ2v) is 9.24. The molecule has 3 rings (SSSR count). The van der Waals surface area contributed by atoms with Crippen LogP contribution in [0.15, 0.2) is 53.4 Å². The van der Waals surface area contributed by atoms with E-state index in [0.717, 1.165) is 18.5 Å². The van der Waals surface area contributed by atoms with Crippen LogP contribution in [0.5, 0.6) is 0 Å². The van der Waals surface area contributed by atoms with Gasteiger partial charge < -0.3 is 10.2 Å². The van der Waals surface area contributed by atoms with E-state index >= 15 is 0 Å². The van der Waals surface area contributed by atoms with Gasteiger partial charge in [0, 0.05) is 30.5 Å². The number of amides is 1. The number of benzene rings is 2. The molecule has 1 amide bonds. The van der Waals surface area contributed by atoms with Crippen LogP contribution in [0, 0.1) is 0 Å². The number of hydrogen-bond donors (Lipinski definition) is 1. The Morgan fingerprint density at radius 2 is 1.76 bits per heavy atom. The highest BCUT2D eigenvalue weighted by atomic mass is 32.2. The number of carbonyl (C=O) groups excluding carboxylic acids is 1. The maximum Gasteiger partial charge on any atom is 0.243 e. The highest BCUT2D eigenvalue weighted by molar-refractivity contribution is 7.89. The molecule has 1 aliphatic rings. The first-order valence-electron chi connectivity index (χ1n) is 10.1. The van der Waals surface area contributed by atoms with Crippen molar-refractivity contribution in [1.82, 2.24) is 4.31 Å².